The van der Waals surface area contributed by atoms with Crippen molar-refractivity contribution >= 4 is 69.0 Å². The Labute approximate surface area is 210 Å². The van der Waals surface area contributed by atoms with Crippen molar-refractivity contribution in [2.75, 3.05) is 0 Å². The van der Waals surface area contributed by atoms with E-state index in [1.165, 1.54) is 64.0 Å². The van der Waals surface area contributed by atoms with E-state index in [0.717, 1.165) is 4.47 Å². The first-order valence-corrected chi connectivity index (χ1v) is 13.0. The van der Waals surface area contributed by atoms with E-state index in [0.29, 0.717) is 0 Å². The van der Waals surface area contributed by atoms with Gasteiger partial charge in [-0.2, -0.15) is 0 Å². The lowest BCUT2D eigenvalue weighted by atomic mass is 9.91. The van der Waals surface area contributed by atoms with E-state index >= 15 is 0 Å². The summed E-state index contributed by atoms with van der Waals surface area (Å²) in [6.45, 7) is 0. The quantitative estimate of drug-likeness (QED) is 0.215. The second-order valence-corrected chi connectivity index (χ2v) is 10.7. The smallest absolute Gasteiger partial charge is 0.0434 e. The number of hydrogen-bond donors (Lipinski definition) is 0. The summed E-state index contributed by atoms with van der Waals surface area (Å²) in [4.78, 5) is 0. The van der Waals surface area contributed by atoms with E-state index in [2.05, 4.69) is 131 Å². The summed E-state index contributed by atoms with van der Waals surface area (Å²) in [5.74, 6) is 0. The van der Waals surface area contributed by atoms with Crippen LogP contribution in [0.5, 0.6) is 0 Å². The van der Waals surface area contributed by atoms with Gasteiger partial charge in [0.05, 0.1) is 0 Å². The zero-order valence-corrected chi connectivity index (χ0v) is 20.7. The molecule has 6 aromatic carbocycles. The maximum atomic E-state index is 3.63. The fourth-order valence-electron chi connectivity index (χ4n) is 5.15. The predicted octanol–water partition coefficient (Wildman–Crippen LogP) is 10.5. The van der Waals surface area contributed by atoms with E-state index in [1.54, 1.807) is 0 Å². The van der Waals surface area contributed by atoms with Crippen LogP contribution in [0, 0.1) is 0 Å². The fourth-order valence-corrected chi connectivity index (χ4v) is 6.85. The van der Waals surface area contributed by atoms with Gasteiger partial charge < -0.3 is 0 Å². The average Bonchev–Trinajstić information content (AvgIpc) is 3.26. The molecule has 0 saturated heterocycles. The van der Waals surface area contributed by atoms with Crippen molar-refractivity contribution in [2.45, 2.75) is 0 Å². The molecule has 0 fully saturated rings. The topological polar surface area (TPSA) is 0 Å². The lowest BCUT2D eigenvalue weighted by Crippen LogP contribution is -1.86. The van der Waals surface area contributed by atoms with Gasteiger partial charge in [-0.25, -0.2) is 0 Å². The molecule has 0 radical (unpaired) electrons. The van der Waals surface area contributed by atoms with Gasteiger partial charge in [-0.1, -0.05) is 107 Å². The molecule has 0 unspecified atom stereocenters. The number of halogens is 1. The highest BCUT2D eigenvalue weighted by Crippen LogP contribution is 2.46. The first-order chi connectivity index (χ1) is 16.8. The Morgan fingerprint density at radius 3 is 2.06 bits per heavy atom. The lowest BCUT2D eigenvalue weighted by Gasteiger charge is -2.12. The molecule has 0 N–H and O–H groups in total. The molecule has 2 heteroatoms. The third-order valence-electron chi connectivity index (χ3n) is 6.68. The van der Waals surface area contributed by atoms with Gasteiger partial charge in [0.1, 0.15) is 0 Å². The number of hydrogen-bond acceptors (Lipinski definition) is 1. The van der Waals surface area contributed by atoms with E-state index in [4.69, 9.17) is 0 Å². The van der Waals surface area contributed by atoms with E-state index < -0.39 is 0 Å². The molecular formula is C32H19BrS. The Morgan fingerprint density at radius 2 is 1.21 bits per heavy atom. The third-order valence-corrected chi connectivity index (χ3v) is 8.36. The minimum atomic E-state index is 1.10. The zero-order chi connectivity index (χ0) is 22.6. The summed E-state index contributed by atoms with van der Waals surface area (Å²) in [5, 5.41) is 7.91. The molecule has 1 aromatic heterocycles. The monoisotopic (exact) mass is 514 g/mol. The van der Waals surface area contributed by atoms with Crippen molar-refractivity contribution in [1.29, 1.82) is 0 Å². The SMILES string of the molecule is Brc1cccc(-c2cccc(-c3c4ccccc4cc4sc5c6ccccc6ccc5c34)c2)c1. The van der Waals surface area contributed by atoms with E-state index in [-0.39, 0.29) is 0 Å². The van der Waals surface area contributed by atoms with Crippen LogP contribution >= 0.6 is 27.3 Å². The van der Waals surface area contributed by atoms with E-state index in [1.807, 2.05) is 11.3 Å². The highest BCUT2D eigenvalue weighted by Gasteiger charge is 2.17. The fraction of sp³-hybridized carbons (Fsp3) is 0. The molecule has 0 aliphatic carbocycles. The molecular weight excluding hydrogens is 496 g/mol. The van der Waals surface area contributed by atoms with Crippen molar-refractivity contribution < 1.29 is 0 Å². The maximum absolute atomic E-state index is 3.63. The standard InChI is InChI=1S/C32H19BrS/c33-25-12-6-10-22(18-25)21-9-5-11-24(17-21)30-26-13-3-2-8-23(26)19-29-31(30)28-16-15-20-7-1-4-14-27(20)32(28)34-29/h1-19H. The van der Waals surface area contributed by atoms with Crippen LogP contribution < -0.4 is 0 Å². The average molecular weight is 515 g/mol. The second kappa shape index (κ2) is 7.80. The molecule has 7 rings (SSSR count). The van der Waals surface area contributed by atoms with Crippen LogP contribution in [0.1, 0.15) is 0 Å². The summed E-state index contributed by atoms with van der Waals surface area (Å²) in [6, 6.07) is 42.0. The van der Waals surface area contributed by atoms with Crippen LogP contribution in [0.3, 0.4) is 0 Å². The number of benzene rings is 6. The molecule has 0 nitrogen and oxygen atoms in total. The predicted molar refractivity (Wildman–Crippen MR) is 153 cm³/mol. The first kappa shape index (κ1) is 20.0. The summed E-state index contributed by atoms with van der Waals surface area (Å²) in [5.41, 5.74) is 5.03. The van der Waals surface area contributed by atoms with Crippen molar-refractivity contribution in [1.82, 2.24) is 0 Å². The van der Waals surface area contributed by atoms with Crippen LogP contribution in [0.2, 0.25) is 0 Å². The number of rotatable bonds is 2. The summed E-state index contributed by atoms with van der Waals surface area (Å²) < 4.78 is 3.80. The Balaban J connectivity index is 1.61. The van der Waals surface area contributed by atoms with Crippen molar-refractivity contribution in [3.63, 3.8) is 0 Å². The van der Waals surface area contributed by atoms with Gasteiger partial charge in [-0.15, -0.1) is 11.3 Å². The molecule has 0 aliphatic rings. The molecule has 1 heterocycles. The summed E-state index contributed by atoms with van der Waals surface area (Å²) >= 11 is 5.54. The second-order valence-electron chi connectivity index (χ2n) is 8.70. The summed E-state index contributed by atoms with van der Waals surface area (Å²) in [6.07, 6.45) is 0. The molecule has 0 spiro atoms. The van der Waals surface area contributed by atoms with Crippen LogP contribution in [-0.4, -0.2) is 0 Å². The minimum Gasteiger partial charge on any atom is -0.134 e. The Kier molecular flexibility index (Phi) is 4.58. The van der Waals surface area contributed by atoms with Crippen LogP contribution in [0.15, 0.2) is 120 Å². The Bertz CT molecular complexity index is 1880. The van der Waals surface area contributed by atoms with E-state index in [9.17, 15) is 0 Å². The molecule has 0 bridgehead atoms. The maximum Gasteiger partial charge on any atom is 0.0434 e. The van der Waals surface area contributed by atoms with Gasteiger partial charge in [0, 0.05) is 24.6 Å². The highest BCUT2D eigenvalue weighted by molar-refractivity contribution is 9.10. The van der Waals surface area contributed by atoms with Gasteiger partial charge in [0.15, 0.2) is 0 Å². The van der Waals surface area contributed by atoms with Crippen LogP contribution in [0.4, 0.5) is 0 Å². The molecule has 160 valence electrons. The van der Waals surface area contributed by atoms with Crippen molar-refractivity contribution in [2.24, 2.45) is 0 Å². The first-order valence-electron chi connectivity index (χ1n) is 11.4. The van der Waals surface area contributed by atoms with Crippen LogP contribution in [-0.2, 0) is 0 Å². The van der Waals surface area contributed by atoms with Gasteiger partial charge in [0.2, 0.25) is 0 Å². The van der Waals surface area contributed by atoms with Crippen molar-refractivity contribution in [3.8, 4) is 22.3 Å². The largest absolute Gasteiger partial charge is 0.134 e. The normalized spacial score (nSPS) is 11.7. The highest BCUT2D eigenvalue weighted by atomic mass is 79.9. The zero-order valence-electron chi connectivity index (χ0n) is 18.3. The van der Waals surface area contributed by atoms with Crippen molar-refractivity contribution in [3.05, 3.63) is 120 Å². The molecule has 0 aliphatic heterocycles. The van der Waals surface area contributed by atoms with Gasteiger partial charge in [0.25, 0.3) is 0 Å². The Morgan fingerprint density at radius 1 is 0.500 bits per heavy atom. The lowest BCUT2D eigenvalue weighted by molar-refractivity contribution is 1.59. The van der Waals surface area contributed by atoms with Crippen LogP contribution in [0.25, 0.3) is 64.0 Å². The molecule has 0 amide bonds. The Hall–Kier alpha value is -3.46. The third kappa shape index (κ3) is 3.10. The molecule has 7 aromatic rings. The molecule has 34 heavy (non-hydrogen) atoms. The van der Waals surface area contributed by atoms with Gasteiger partial charge >= 0.3 is 0 Å². The minimum absolute atomic E-state index is 1.10. The molecule has 0 saturated carbocycles. The van der Waals surface area contributed by atoms with Gasteiger partial charge in [-0.3, -0.25) is 0 Å². The summed E-state index contributed by atoms with van der Waals surface area (Å²) in [7, 11) is 0. The van der Waals surface area contributed by atoms with Gasteiger partial charge in [-0.05, 0) is 68.1 Å². The molecule has 0 atom stereocenters. The number of fused-ring (bicyclic) bond motifs is 6. The number of thiophene rings is 1.